The van der Waals surface area contributed by atoms with Gasteiger partial charge in [-0.1, -0.05) is 6.07 Å². The van der Waals surface area contributed by atoms with E-state index in [0.717, 1.165) is 12.5 Å². The van der Waals surface area contributed by atoms with Crippen molar-refractivity contribution < 1.29 is 28.3 Å². The first-order chi connectivity index (χ1) is 14.4. The van der Waals surface area contributed by atoms with E-state index in [2.05, 4.69) is 10.6 Å². The molecule has 30 heavy (non-hydrogen) atoms. The number of nitrogens with zero attached hydrogens (tertiary/aromatic N) is 2. The molecular formula is C20H25FN4O5. The van der Waals surface area contributed by atoms with Gasteiger partial charge in [-0.3, -0.25) is 19.2 Å². The van der Waals surface area contributed by atoms with Gasteiger partial charge in [-0.15, -0.1) is 0 Å². The van der Waals surface area contributed by atoms with Crippen LogP contribution in [0.15, 0.2) is 24.3 Å². The standard InChI is InChI=1S/C20H25FN4O5/c1-30-12-17(26)24-8-9-25(20(29)13-4-2-5-14(21)10-13)16(11-24)19(28)23-15-6-3-7-22-18(15)27/h2,4-5,10,15-16H,3,6-9,11-12H2,1H3,(H,22,27)(H,23,28)/t15-,16-/m0/s1. The van der Waals surface area contributed by atoms with Gasteiger partial charge < -0.3 is 25.2 Å². The Kier molecular flexibility index (Phi) is 6.99. The van der Waals surface area contributed by atoms with Crippen LogP contribution in [0.5, 0.6) is 0 Å². The molecule has 1 aromatic carbocycles. The molecule has 0 bridgehead atoms. The maximum Gasteiger partial charge on any atom is 0.254 e. The number of halogens is 1. The summed E-state index contributed by atoms with van der Waals surface area (Å²) in [4.78, 5) is 53.1. The molecule has 2 atom stereocenters. The smallest absolute Gasteiger partial charge is 0.254 e. The van der Waals surface area contributed by atoms with E-state index in [1.807, 2.05) is 0 Å². The Labute approximate surface area is 173 Å². The third-order valence-electron chi connectivity index (χ3n) is 5.24. The molecule has 1 aromatic rings. The highest BCUT2D eigenvalue weighted by atomic mass is 19.1. The highest BCUT2D eigenvalue weighted by Crippen LogP contribution is 2.17. The topological polar surface area (TPSA) is 108 Å². The zero-order valence-electron chi connectivity index (χ0n) is 16.7. The summed E-state index contributed by atoms with van der Waals surface area (Å²) in [6, 6.07) is 3.52. The first-order valence-electron chi connectivity index (χ1n) is 9.82. The van der Waals surface area contributed by atoms with E-state index >= 15 is 0 Å². The Morgan fingerprint density at radius 3 is 2.80 bits per heavy atom. The number of amides is 4. The Morgan fingerprint density at radius 1 is 1.30 bits per heavy atom. The van der Waals surface area contributed by atoms with Gasteiger partial charge in [0.25, 0.3) is 5.91 Å². The number of rotatable bonds is 5. The molecule has 0 radical (unpaired) electrons. The highest BCUT2D eigenvalue weighted by molar-refractivity contribution is 5.99. The predicted molar refractivity (Wildman–Crippen MR) is 104 cm³/mol. The second kappa shape index (κ2) is 9.66. The van der Waals surface area contributed by atoms with Crippen molar-refractivity contribution >= 4 is 23.6 Å². The highest BCUT2D eigenvalue weighted by Gasteiger charge is 2.38. The lowest BCUT2D eigenvalue weighted by atomic mass is 10.0. The molecule has 4 amide bonds. The Hall–Kier alpha value is -3.01. The van der Waals surface area contributed by atoms with Gasteiger partial charge >= 0.3 is 0 Å². The average molecular weight is 420 g/mol. The van der Waals surface area contributed by atoms with Gasteiger partial charge in [-0.05, 0) is 31.0 Å². The number of methoxy groups -OCH3 is 1. The molecule has 0 unspecified atom stereocenters. The molecule has 10 heteroatoms. The van der Waals surface area contributed by atoms with Crippen molar-refractivity contribution in [3.05, 3.63) is 35.6 Å². The summed E-state index contributed by atoms with van der Waals surface area (Å²) in [5, 5.41) is 5.38. The molecule has 2 saturated heterocycles. The summed E-state index contributed by atoms with van der Waals surface area (Å²) in [6.07, 6.45) is 1.22. The first-order valence-corrected chi connectivity index (χ1v) is 9.82. The third-order valence-corrected chi connectivity index (χ3v) is 5.24. The molecule has 9 nitrogen and oxygen atoms in total. The van der Waals surface area contributed by atoms with E-state index in [1.54, 1.807) is 0 Å². The molecular weight excluding hydrogens is 395 g/mol. The fourth-order valence-electron chi connectivity index (χ4n) is 3.66. The Morgan fingerprint density at radius 2 is 2.10 bits per heavy atom. The minimum atomic E-state index is -1.01. The summed E-state index contributed by atoms with van der Waals surface area (Å²) in [6.45, 7) is 0.690. The van der Waals surface area contributed by atoms with Crippen LogP contribution in [0.4, 0.5) is 4.39 Å². The maximum absolute atomic E-state index is 13.6. The molecule has 2 aliphatic rings. The second-order valence-corrected chi connectivity index (χ2v) is 7.29. The lowest BCUT2D eigenvalue weighted by Crippen LogP contribution is -2.63. The number of ether oxygens (including phenoxy) is 1. The molecule has 0 aromatic heterocycles. The molecule has 0 aliphatic carbocycles. The van der Waals surface area contributed by atoms with E-state index < -0.39 is 29.7 Å². The van der Waals surface area contributed by atoms with Gasteiger partial charge in [0.2, 0.25) is 17.7 Å². The van der Waals surface area contributed by atoms with Crippen molar-refractivity contribution in [3.63, 3.8) is 0 Å². The van der Waals surface area contributed by atoms with E-state index in [9.17, 15) is 23.6 Å². The van der Waals surface area contributed by atoms with E-state index in [4.69, 9.17) is 4.74 Å². The van der Waals surface area contributed by atoms with Crippen LogP contribution >= 0.6 is 0 Å². The molecule has 2 N–H and O–H groups in total. The van der Waals surface area contributed by atoms with Gasteiger partial charge in [-0.2, -0.15) is 0 Å². The van der Waals surface area contributed by atoms with Crippen molar-refractivity contribution in [2.75, 3.05) is 39.9 Å². The molecule has 2 heterocycles. The number of nitrogens with one attached hydrogen (secondary N) is 2. The number of piperidine rings is 1. The van der Waals surface area contributed by atoms with Crippen LogP contribution in [0.2, 0.25) is 0 Å². The fraction of sp³-hybridized carbons (Fsp3) is 0.500. The van der Waals surface area contributed by atoms with Crippen molar-refractivity contribution in [2.45, 2.75) is 24.9 Å². The fourth-order valence-corrected chi connectivity index (χ4v) is 3.66. The van der Waals surface area contributed by atoms with Crippen LogP contribution < -0.4 is 10.6 Å². The minimum Gasteiger partial charge on any atom is -0.375 e. The lowest BCUT2D eigenvalue weighted by molar-refractivity contribution is -0.141. The number of piperazine rings is 1. The van der Waals surface area contributed by atoms with Crippen LogP contribution in [-0.4, -0.2) is 85.4 Å². The first kappa shape index (κ1) is 21.7. The van der Waals surface area contributed by atoms with Gasteiger partial charge in [0.15, 0.2) is 0 Å². The zero-order valence-corrected chi connectivity index (χ0v) is 16.7. The van der Waals surface area contributed by atoms with Gasteiger partial charge in [0, 0.05) is 32.3 Å². The number of benzene rings is 1. The van der Waals surface area contributed by atoms with Crippen LogP contribution in [0.25, 0.3) is 0 Å². The van der Waals surface area contributed by atoms with Crippen LogP contribution in [0, 0.1) is 5.82 Å². The summed E-state index contributed by atoms with van der Waals surface area (Å²) in [5.41, 5.74) is 0.111. The van der Waals surface area contributed by atoms with Crippen molar-refractivity contribution in [3.8, 4) is 0 Å². The molecule has 0 saturated carbocycles. The number of carbonyl (C=O) groups excluding carboxylic acids is 4. The summed E-state index contributed by atoms with van der Waals surface area (Å²) >= 11 is 0. The summed E-state index contributed by atoms with van der Waals surface area (Å²) in [5.74, 6) is -2.18. The van der Waals surface area contributed by atoms with Gasteiger partial charge in [0.1, 0.15) is 24.5 Å². The van der Waals surface area contributed by atoms with Crippen molar-refractivity contribution in [1.29, 1.82) is 0 Å². The zero-order chi connectivity index (χ0) is 21.7. The molecule has 3 rings (SSSR count). The molecule has 2 aliphatic heterocycles. The SMILES string of the molecule is COCC(=O)N1CCN(C(=O)c2cccc(F)c2)[C@H](C(=O)N[C@H]2CCCNC2=O)C1. The molecule has 0 spiro atoms. The van der Waals surface area contributed by atoms with Crippen molar-refractivity contribution in [1.82, 2.24) is 20.4 Å². The third kappa shape index (κ3) is 4.93. The van der Waals surface area contributed by atoms with E-state index in [1.165, 1.54) is 35.1 Å². The van der Waals surface area contributed by atoms with E-state index in [0.29, 0.717) is 13.0 Å². The van der Waals surface area contributed by atoms with Crippen molar-refractivity contribution in [2.24, 2.45) is 0 Å². The summed E-state index contributed by atoms with van der Waals surface area (Å²) < 4.78 is 18.5. The number of hydrogen-bond donors (Lipinski definition) is 2. The van der Waals surface area contributed by atoms with Gasteiger partial charge in [-0.25, -0.2) is 4.39 Å². The summed E-state index contributed by atoms with van der Waals surface area (Å²) in [7, 11) is 1.40. The predicted octanol–water partition coefficient (Wildman–Crippen LogP) is -0.480. The van der Waals surface area contributed by atoms with Gasteiger partial charge in [0.05, 0.1) is 6.54 Å². The van der Waals surface area contributed by atoms with Crippen LogP contribution in [0.1, 0.15) is 23.2 Å². The monoisotopic (exact) mass is 420 g/mol. The average Bonchev–Trinajstić information content (AvgIpc) is 2.74. The molecule has 162 valence electrons. The van der Waals surface area contributed by atoms with E-state index in [-0.39, 0.29) is 43.6 Å². The number of carbonyl (C=O) groups is 4. The maximum atomic E-state index is 13.6. The lowest BCUT2D eigenvalue weighted by Gasteiger charge is -2.41. The second-order valence-electron chi connectivity index (χ2n) is 7.29. The molecule has 2 fully saturated rings. The minimum absolute atomic E-state index is 0.0383. The quantitative estimate of drug-likeness (QED) is 0.669. The largest absolute Gasteiger partial charge is 0.375 e. The normalized spacial score (nSPS) is 21.7. The van der Waals surface area contributed by atoms with Crippen LogP contribution in [-0.2, 0) is 19.1 Å². The Balaban J connectivity index is 1.80. The van der Waals surface area contributed by atoms with Crippen LogP contribution in [0.3, 0.4) is 0 Å². The Bertz CT molecular complexity index is 833. The number of hydrogen-bond acceptors (Lipinski definition) is 5.